The molecule has 0 saturated carbocycles. The lowest BCUT2D eigenvalue weighted by Crippen LogP contribution is -2.30. The molecule has 2 aliphatic rings. The number of aromatic nitrogens is 3. The van der Waals surface area contributed by atoms with Crippen molar-refractivity contribution in [1.29, 1.82) is 0 Å². The number of carbonyl (C=O) groups excluding carboxylic acids is 1. The summed E-state index contributed by atoms with van der Waals surface area (Å²) in [6, 6.07) is 13.6. The quantitative estimate of drug-likeness (QED) is 0.458. The number of hydrogen-bond acceptors (Lipinski definition) is 4. The molecule has 2 aromatic heterocycles. The van der Waals surface area contributed by atoms with E-state index in [9.17, 15) is 9.90 Å². The summed E-state index contributed by atoms with van der Waals surface area (Å²) in [5.41, 5.74) is 4.36. The highest BCUT2D eigenvalue weighted by Crippen LogP contribution is 2.48. The first-order valence-electron chi connectivity index (χ1n) is 12.6. The smallest absolute Gasteiger partial charge is 0.254 e. The van der Waals surface area contributed by atoms with Crippen LogP contribution in [0.5, 0.6) is 0 Å². The van der Waals surface area contributed by atoms with E-state index in [1.54, 1.807) is 44.3 Å². The van der Waals surface area contributed by atoms with Gasteiger partial charge in [-0.2, -0.15) is 0 Å². The minimum absolute atomic E-state index is 0.314. The van der Waals surface area contributed by atoms with E-state index in [1.807, 2.05) is 28.8 Å². The van der Waals surface area contributed by atoms with Crippen LogP contribution in [-0.2, 0) is 5.60 Å². The Bertz CT molecular complexity index is 1620. The fourth-order valence-corrected chi connectivity index (χ4v) is 5.18. The maximum Gasteiger partial charge on any atom is 0.254 e. The molecule has 2 aromatic carbocycles. The van der Waals surface area contributed by atoms with Crippen LogP contribution in [0.3, 0.4) is 0 Å². The summed E-state index contributed by atoms with van der Waals surface area (Å²) in [7, 11) is 0. The number of nitrogens with zero attached hydrogens (tertiary/aromatic N) is 4. The molecule has 0 unspecified atom stereocenters. The fraction of sp³-hybridized carbons (Fsp3) is 0.250. The minimum Gasteiger partial charge on any atom is -0.384 e. The van der Waals surface area contributed by atoms with E-state index >= 15 is 0 Å². The number of aliphatic hydroxyl groups is 1. The van der Waals surface area contributed by atoms with Gasteiger partial charge >= 0.3 is 0 Å². The summed E-state index contributed by atoms with van der Waals surface area (Å²) in [5, 5.41) is 10.2. The molecule has 0 aliphatic carbocycles. The van der Waals surface area contributed by atoms with Crippen LogP contribution in [0.1, 0.15) is 69.5 Å². The Morgan fingerprint density at radius 3 is 2.71 bits per heavy atom. The van der Waals surface area contributed by atoms with Gasteiger partial charge < -0.3 is 14.6 Å². The van der Waals surface area contributed by atoms with Crippen LogP contribution in [-0.4, -0.2) is 37.4 Å². The van der Waals surface area contributed by atoms with Gasteiger partial charge in [0, 0.05) is 46.0 Å². The number of rotatable bonds is 2. The number of benzene rings is 2. The molecule has 6 rings (SSSR count). The number of amides is 1. The van der Waals surface area contributed by atoms with Gasteiger partial charge in [-0.25, -0.2) is 4.98 Å². The molecule has 1 N–H and O–H groups in total. The summed E-state index contributed by atoms with van der Waals surface area (Å²) in [6.45, 7) is 0.728. The van der Waals surface area contributed by atoms with Crippen LogP contribution in [0.4, 0.5) is 0 Å². The second kappa shape index (κ2) is 7.02. The summed E-state index contributed by atoms with van der Waals surface area (Å²) in [5.74, 6) is 2.67. The lowest BCUT2D eigenvalue weighted by molar-refractivity contribution is 0.0730. The topological polar surface area (TPSA) is 71.2 Å². The first kappa shape index (κ1) is 17.5. The lowest BCUT2D eigenvalue weighted by Gasteiger charge is -2.24. The van der Waals surface area contributed by atoms with Crippen molar-refractivity contribution in [2.24, 2.45) is 0 Å². The van der Waals surface area contributed by atoms with E-state index in [1.165, 1.54) is 0 Å². The Balaban J connectivity index is 1.57. The summed E-state index contributed by atoms with van der Waals surface area (Å²) in [4.78, 5) is 23.8. The zero-order valence-electron chi connectivity index (χ0n) is 21.8. The van der Waals surface area contributed by atoms with Gasteiger partial charge in [0.25, 0.3) is 5.91 Å². The number of terminal acetylenes is 1. The zero-order chi connectivity index (χ0) is 26.3. The normalized spacial score (nSPS) is 20.7. The molecular formula is C28H24N4O2. The van der Waals surface area contributed by atoms with Crippen molar-refractivity contribution in [3.05, 3.63) is 82.9 Å². The second-order valence-corrected chi connectivity index (χ2v) is 9.39. The second-order valence-electron chi connectivity index (χ2n) is 9.39. The average molecular weight is 452 g/mol. The van der Waals surface area contributed by atoms with E-state index in [0.29, 0.717) is 40.1 Å². The van der Waals surface area contributed by atoms with Gasteiger partial charge in [-0.1, -0.05) is 24.1 Å². The number of carbonyl (C=O) groups is 1. The van der Waals surface area contributed by atoms with Crippen LogP contribution < -0.4 is 0 Å². The number of imidazole rings is 1. The third kappa shape index (κ3) is 2.84. The fourth-order valence-electron chi connectivity index (χ4n) is 5.18. The Morgan fingerprint density at radius 2 is 2.00 bits per heavy atom. The molecule has 2 atom stereocenters. The van der Waals surface area contributed by atoms with Crippen LogP contribution in [0.25, 0.3) is 22.2 Å². The van der Waals surface area contributed by atoms with Gasteiger partial charge in [0.15, 0.2) is 0 Å². The molecule has 2 bridgehead atoms. The molecule has 34 heavy (non-hydrogen) atoms. The van der Waals surface area contributed by atoms with Crippen molar-refractivity contribution in [2.75, 3.05) is 6.98 Å². The highest BCUT2D eigenvalue weighted by molar-refractivity contribution is 5.98. The largest absolute Gasteiger partial charge is 0.384 e. The molecule has 0 saturated heterocycles. The molecule has 0 spiro atoms. The number of pyridine rings is 1. The molecule has 4 aromatic rings. The average Bonchev–Trinajstić information content (AvgIpc) is 3.35. The zero-order valence-corrected chi connectivity index (χ0v) is 18.8. The lowest BCUT2D eigenvalue weighted by atomic mass is 9.93. The molecule has 6 nitrogen and oxygen atoms in total. The molecule has 1 amide bonds. The highest BCUT2D eigenvalue weighted by atomic mass is 16.3. The summed E-state index contributed by atoms with van der Waals surface area (Å²) >= 11 is 0. The SMILES string of the molecule is [2H]C([2H])([2H])N1C(=O)c2cccc(C#C)c2[C@H]2C[C@@H]1c1nc3ccc(-c4ccc(C(C)(C)O)nc4)cc3n12. The summed E-state index contributed by atoms with van der Waals surface area (Å²) < 4.78 is 26.5. The third-order valence-corrected chi connectivity index (χ3v) is 6.85. The van der Waals surface area contributed by atoms with Gasteiger partial charge in [0.05, 0.1) is 28.8 Å². The van der Waals surface area contributed by atoms with Crippen LogP contribution >= 0.6 is 0 Å². The third-order valence-electron chi connectivity index (χ3n) is 6.85. The van der Waals surface area contributed by atoms with Crippen LogP contribution in [0.2, 0.25) is 0 Å². The Morgan fingerprint density at radius 1 is 1.18 bits per heavy atom. The highest BCUT2D eigenvalue weighted by Gasteiger charge is 2.44. The van der Waals surface area contributed by atoms with Crippen molar-refractivity contribution in [3.63, 3.8) is 0 Å². The van der Waals surface area contributed by atoms with Crippen LogP contribution in [0.15, 0.2) is 54.7 Å². The van der Waals surface area contributed by atoms with Gasteiger partial charge in [-0.15, -0.1) is 6.42 Å². The molecule has 4 heterocycles. The molecule has 0 fully saturated rings. The van der Waals surface area contributed by atoms with E-state index in [2.05, 4.69) is 10.9 Å². The van der Waals surface area contributed by atoms with Crippen molar-refractivity contribution in [3.8, 4) is 23.5 Å². The van der Waals surface area contributed by atoms with E-state index in [-0.39, 0.29) is 6.04 Å². The van der Waals surface area contributed by atoms with Gasteiger partial charge in [-0.3, -0.25) is 9.78 Å². The maximum atomic E-state index is 13.5. The van der Waals surface area contributed by atoms with Gasteiger partial charge in [0.2, 0.25) is 0 Å². The Hall–Kier alpha value is -3.95. The first-order chi connectivity index (χ1) is 17.5. The molecular weight excluding hydrogens is 424 g/mol. The Labute approximate surface area is 202 Å². The van der Waals surface area contributed by atoms with Gasteiger partial charge in [0.1, 0.15) is 11.4 Å². The molecule has 6 heteroatoms. The standard InChI is InChI=1S/C28H24N4O2/c1-5-16-7-6-8-19-25(16)22-14-23(31(4)27(19)33)26-30-20-11-9-17(13-21(20)32(22)26)18-10-12-24(29-15-18)28(2,3)34/h1,6-13,15,22-23,34H,14H2,2-4H3/t22-,23-/m1/s1/i4D3. The Kier molecular flexibility index (Phi) is 3.62. The van der Waals surface area contributed by atoms with E-state index in [4.69, 9.17) is 15.5 Å². The maximum absolute atomic E-state index is 13.5. The van der Waals surface area contributed by atoms with Crippen molar-refractivity contribution in [2.45, 2.75) is 38.0 Å². The van der Waals surface area contributed by atoms with E-state index in [0.717, 1.165) is 21.5 Å². The van der Waals surface area contributed by atoms with Crippen molar-refractivity contribution < 1.29 is 14.0 Å². The monoisotopic (exact) mass is 451 g/mol. The predicted molar refractivity (Wildman–Crippen MR) is 130 cm³/mol. The molecule has 168 valence electrons. The number of fused-ring (bicyclic) bond motifs is 9. The van der Waals surface area contributed by atoms with Crippen LogP contribution in [0, 0.1) is 12.3 Å². The minimum atomic E-state index is -2.65. The molecule has 2 aliphatic heterocycles. The van der Waals surface area contributed by atoms with Crippen molar-refractivity contribution >= 4 is 16.9 Å². The molecule has 0 radical (unpaired) electrons. The van der Waals surface area contributed by atoms with E-state index < -0.39 is 24.5 Å². The number of hydrogen-bond donors (Lipinski definition) is 1. The van der Waals surface area contributed by atoms with Gasteiger partial charge in [-0.05, 0) is 49.7 Å². The van der Waals surface area contributed by atoms with Crippen molar-refractivity contribution in [1.82, 2.24) is 19.4 Å². The predicted octanol–water partition coefficient (Wildman–Crippen LogP) is 4.43. The summed E-state index contributed by atoms with van der Waals surface area (Å²) in [6.07, 6.45) is 7.93. The first-order valence-corrected chi connectivity index (χ1v) is 11.1.